The lowest BCUT2D eigenvalue weighted by molar-refractivity contribution is -0.0587. The van der Waals surface area contributed by atoms with Crippen molar-refractivity contribution < 1.29 is 13.9 Å². The Bertz CT molecular complexity index is 415. The molecule has 0 aromatic carbocycles. The second kappa shape index (κ2) is 4.79. The Hall–Kier alpha value is -1.49. The van der Waals surface area contributed by atoms with Crippen molar-refractivity contribution in [2.24, 2.45) is 0 Å². The maximum atomic E-state index is 13.4. The van der Waals surface area contributed by atoms with Crippen LogP contribution in [0, 0.1) is 5.82 Å². The normalized spacial score (nSPS) is 24.8. The number of amides is 1. The second-order valence-corrected chi connectivity index (χ2v) is 4.32. The van der Waals surface area contributed by atoms with Crippen LogP contribution in [0.25, 0.3) is 0 Å². The standard InChI is InChI=1S/C12H15FN2O2/c1-8-6-15(7-9(2)17-8)12(16)10-3-4-14-5-11(10)13/h3-5,8-9H,6-7H2,1-2H3/t8-,9+. The Morgan fingerprint density at radius 2 is 2.12 bits per heavy atom. The summed E-state index contributed by atoms with van der Waals surface area (Å²) >= 11 is 0. The molecule has 2 atom stereocenters. The van der Waals surface area contributed by atoms with Crippen molar-refractivity contribution in [2.45, 2.75) is 26.1 Å². The maximum Gasteiger partial charge on any atom is 0.257 e. The quantitative estimate of drug-likeness (QED) is 0.744. The van der Waals surface area contributed by atoms with Crippen LogP contribution in [0.1, 0.15) is 24.2 Å². The van der Waals surface area contributed by atoms with Gasteiger partial charge in [0.05, 0.1) is 24.0 Å². The number of carbonyl (C=O) groups is 1. The lowest BCUT2D eigenvalue weighted by Crippen LogP contribution is -2.48. The van der Waals surface area contributed by atoms with E-state index >= 15 is 0 Å². The van der Waals surface area contributed by atoms with Gasteiger partial charge in [-0.3, -0.25) is 9.78 Å². The molecule has 1 fully saturated rings. The van der Waals surface area contributed by atoms with Gasteiger partial charge in [0, 0.05) is 19.3 Å². The molecule has 0 bridgehead atoms. The fraction of sp³-hybridized carbons (Fsp3) is 0.500. The van der Waals surface area contributed by atoms with Crippen LogP contribution < -0.4 is 0 Å². The zero-order valence-corrected chi connectivity index (χ0v) is 9.89. The lowest BCUT2D eigenvalue weighted by atomic mass is 10.1. The monoisotopic (exact) mass is 238 g/mol. The third-order valence-electron chi connectivity index (χ3n) is 2.71. The minimum absolute atomic E-state index is 0.0207. The van der Waals surface area contributed by atoms with Gasteiger partial charge in [0.2, 0.25) is 0 Å². The van der Waals surface area contributed by atoms with Crippen LogP contribution in [0.4, 0.5) is 4.39 Å². The van der Waals surface area contributed by atoms with Gasteiger partial charge in [-0.1, -0.05) is 0 Å². The summed E-state index contributed by atoms with van der Waals surface area (Å²) in [5.41, 5.74) is 0.0706. The molecular weight excluding hydrogens is 223 g/mol. The van der Waals surface area contributed by atoms with Crippen LogP contribution in [0.2, 0.25) is 0 Å². The molecule has 0 spiro atoms. The first-order valence-corrected chi connectivity index (χ1v) is 5.62. The van der Waals surface area contributed by atoms with Gasteiger partial charge in [-0.05, 0) is 19.9 Å². The molecule has 1 aromatic heterocycles. The maximum absolute atomic E-state index is 13.4. The molecule has 0 unspecified atom stereocenters. The Morgan fingerprint density at radius 1 is 1.47 bits per heavy atom. The molecule has 0 N–H and O–H groups in total. The van der Waals surface area contributed by atoms with Crippen LogP contribution in [0.15, 0.2) is 18.5 Å². The fourth-order valence-corrected chi connectivity index (χ4v) is 2.06. The van der Waals surface area contributed by atoms with E-state index in [1.54, 1.807) is 4.90 Å². The molecule has 1 saturated heterocycles. The highest BCUT2D eigenvalue weighted by Gasteiger charge is 2.27. The number of pyridine rings is 1. The van der Waals surface area contributed by atoms with Crippen molar-refractivity contribution in [2.75, 3.05) is 13.1 Å². The zero-order chi connectivity index (χ0) is 12.4. The molecule has 0 saturated carbocycles. The van der Waals surface area contributed by atoms with Crippen LogP contribution in [0.5, 0.6) is 0 Å². The third kappa shape index (κ3) is 2.61. The first-order valence-electron chi connectivity index (χ1n) is 5.62. The van der Waals surface area contributed by atoms with E-state index in [1.165, 1.54) is 12.3 Å². The van der Waals surface area contributed by atoms with Crippen molar-refractivity contribution >= 4 is 5.91 Å². The smallest absolute Gasteiger partial charge is 0.257 e. The second-order valence-electron chi connectivity index (χ2n) is 4.32. The number of morpholine rings is 1. The molecular formula is C12H15FN2O2. The molecule has 0 aliphatic carbocycles. The molecule has 92 valence electrons. The largest absolute Gasteiger partial charge is 0.372 e. The first kappa shape index (κ1) is 12.0. The van der Waals surface area contributed by atoms with Gasteiger partial charge in [-0.2, -0.15) is 0 Å². The summed E-state index contributed by atoms with van der Waals surface area (Å²) in [6, 6.07) is 1.41. The van der Waals surface area contributed by atoms with Gasteiger partial charge in [-0.15, -0.1) is 0 Å². The van der Waals surface area contributed by atoms with Gasteiger partial charge in [-0.25, -0.2) is 4.39 Å². The van der Waals surface area contributed by atoms with E-state index < -0.39 is 5.82 Å². The summed E-state index contributed by atoms with van der Waals surface area (Å²) in [7, 11) is 0. The average molecular weight is 238 g/mol. The van der Waals surface area contributed by atoms with Crippen molar-refractivity contribution in [3.05, 3.63) is 29.8 Å². The van der Waals surface area contributed by atoms with E-state index in [-0.39, 0.29) is 23.7 Å². The molecule has 5 heteroatoms. The van der Waals surface area contributed by atoms with E-state index in [2.05, 4.69) is 4.98 Å². The molecule has 4 nitrogen and oxygen atoms in total. The van der Waals surface area contributed by atoms with E-state index in [0.717, 1.165) is 6.20 Å². The number of halogens is 1. The number of carbonyl (C=O) groups excluding carboxylic acids is 1. The van der Waals surface area contributed by atoms with Gasteiger partial charge < -0.3 is 9.64 Å². The summed E-state index contributed by atoms with van der Waals surface area (Å²) in [4.78, 5) is 17.4. The Labute approximate surface area is 99.4 Å². The van der Waals surface area contributed by atoms with Crippen molar-refractivity contribution in [1.29, 1.82) is 0 Å². The van der Waals surface area contributed by atoms with E-state index in [9.17, 15) is 9.18 Å². The number of hydrogen-bond donors (Lipinski definition) is 0. The molecule has 1 aliphatic rings. The third-order valence-corrected chi connectivity index (χ3v) is 2.71. The van der Waals surface area contributed by atoms with Crippen molar-refractivity contribution in [1.82, 2.24) is 9.88 Å². The van der Waals surface area contributed by atoms with Gasteiger partial charge in [0.1, 0.15) is 0 Å². The Morgan fingerprint density at radius 3 is 2.71 bits per heavy atom. The predicted octanol–water partition coefficient (Wildman–Crippen LogP) is 1.47. The average Bonchev–Trinajstić information content (AvgIpc) is 2.27. The summed E-state index contributed by atoms with van der Waals surface area (Å²) in [5, 5.41) is 0. The van der Waals surface area contributed by atoms with E-state index in [0.29, 0.717) is 13.1 Å². The molecule has 2 heterocycles. The van der Waals surface area contributed by atoms with Gasteiger partial charge in [0.25, 0.3) is 5.91 Å². The Kier molecular flexibility index (Phi) is 3.38. The van der Waals surface area contributed by atoms with Crippen molar-refractivity contribution in [3.63, 3.8) is 0 Å². The van der Waals surface area contributed by atoms with Crippen LogP contribution >= 0.6 is 0 Å². The summed E-state index contributed by atoms with van der Waals surface area (Å²) in [6.07, 6.45) is 2.43. The number of aromatic nitrogens is 1. The SMILES string of the molecule is C[C@@H]1CN(C(=O)c2ccncc2F)C[C@H](C)O1. The zero-order valence-electron chi connectivity index (χ0n) is 9.89. The van der Waals surface area contributed by atoms with Crippen LogP contribution in [-0.2, 0) is 4.74 Å². The summed E-state index contributed by atoms with van der Waals surface area (Å²) in [5.74, 6) is -0.879. The minimum Gasteiger partial charge on any atom is -0.372 e. The topological polar surface area (TPSA) is 42.4 Å². The van der Waals surface area contributed by atoms with Gasteiger partial charge >= 0.3 is 0 Å². The number of ether oxygens (including phenoxy) is 1. The van der Waals surface area contributed by atoms with Crippen molar-refractivity contribution in [3.8, 4) is 0 Å². The van der Waals surface area contributed by atoms with Crippen LogP contribution in [0.3, 0.4) is 0 Å². The molecule has 1 amide bonds. The molecule has 1 aliphatic heterocycles. The number of hydrogen-bond acceptors (Lipinski definition) is 3. The Balaban J connectivity index is 2.17. The highest BCUT2D eigenvalue weighted by Crippen LogP contribution is 2.15. The summed E-state index contributed by atoms with van der Waals surface area (Å²) < 4.78 is 19.0. The minimum atomic E-state index is -0.579. The highest BCUT2D eigenvalue weighted by molar-refractivity contribution is 5.94. The number of nitrogens with zero attached hydrogens (tertiary/aromatic N) is 2. The lowest BCUT2D eigenvalue weighted by Gasteiger charge is -2.35. The fourth-order valence-electron chi connectivity index (χ4n) is 2.06. The molecule has 2 rings (SSSR count). The summed E-state index contributed by atoms with van der Waals surface area (Å²) in [6.45, 7) is 4.79. The van der Waals surface area contributed by atoms with E-state index in [1.807, 2.05) is 13.8 Å². The van der Waals surface area contributed by atoms with Gasteiger partial charge in [0.15, 0.2) is 5.82 Å². The van der Waals surface area contributed by atoms with E-state index in [4.69, 9.17) is 4.74 Å². The molecule has 17 heavy (non-hydrogen) atoms. The number of rotatable bonds is 1. The molecule has 0 radical (unpaired) electrons. The highest BCUT2D eigenvalue weighted by atomic mass is 19.1. The first-order chi connectivity index (χ1) is 8.08. The molecule has 1 aromatic rings. The predicted molar refractivity (Wildman–Crippen MR) is 60.1 cm³/mol. The van der Waals surface area contributed by atoms with Crippen LogP contribution in [-0.4, -0.2) is 41.1 Å².